The number of benzene rings is 3. The van der Waals surface area contributed by atoms with Gasteiger partial charge in [0.2, 0.25) is 0 Å². The Morgan fingerprint density at radius 2 is 1.47 bits per heavy atom. The Bertz CT molecular complexity index is 1140. The van der Waals surface area contributed by atoms with Crippen molar-refractivity contribution in [1.29, 1.82) is 0 Å². The van der Waals surface area contributed by atoms with E-state index >= 15 is 0 Å². The molecule has 0 saturated carbocycles. The smallest absolute Gasteiger partial charge is 0.266 e. The maximum Gasteiger partial charge on any atom is 0.266 e. The van der Waals surface area contributed by atoms with Crippen molar-refractivity contribution in [3.8, 4) is 11.5 Å². The maximum atomic E-state index is 12.8. The molecule has 174 valence electrons. The van der Waals surface area contributed by atoms with Gasteiger partial charge in [-0.2, -0.15) is 0 Å². The summed E-state index contributed by atoms with van der Waals surface area (Å²) in [5.74, 6) is 1.63. The van der Waals surface area contributed by atoms with Crippen LogP contribution in [0.1, 0.15) is 30.0 Å². The van der Waals surface area contributed by atoms with Crippen molar-refractivity contribution in [2.75, 3.05) is 13.2 Å². The lowest BCUT2D eigenvalue weighted by Crippen LogP contribution is -2.27. The van der Waals surface area contributed by atoms with Gasteiger partial charge < -0.3 is 9.47 Å². The van der Waals surface area contributed by atoms with E-state index in [2.05, 4.69) is 19.1 Å². The molecule has 1 saturated heterocycles. The quantitative estimate of drug-likeness (QED) is 0.185. The summed E-state index contributed by atoms with van der Waals surface area (Å²) in [5.41, 5.74) is 3.30. The molecule has 0 radical (unpaired) electrons. The Balaban J connectivity index is 1.24. The van der Waals surface area contributed by atoms with Crippen LogP contribution < -0.4 is 9.47 Å². The number of amides is 1. The molecule has 3 aromatic carbocycles. The maximum absolute atomic E-state index is 12.8. The summed E-state index contributed by atoms with van der Waals surface area (Å²) in [7, 11) is 0. The molecule has 1 aliphatic rings. The lowest BCUT2D eigenvalue weighted by Gasteiger charge is -2.14. The summed E-state index contributed by atoms with van der Waals surface area (Å²) in [6.07, 6.45) is 3.70. The number of hydrogen-bond acceptors (Lipinski definition) is 5. The van der Waals surface area contributed by atoms with Crippen molar-refractivity contribution in [3.05, 3.63) is 100 Å². The Hall–Kier alpha value is -3.09. The number of carbonyl (C=O) groups excluding carboxylic acids is 1. The van der Waals surface area contributed by atoms with Crippen LogP contribution >= 0.6 is 24.0 Å². The number of thiocarbonyl (C=S) groups is 1. The Morgan fingerprint density at radius 1 is 0.853 bits per heavy atom. The van der Waals surface area contributed by atoms with E-state index in [1.165, 1.54) is 17.3 Å². The van der Waals surface area contributed by atoms with Gasteiger partial charge in [0.15, 0.2) is 0 Å². The first-order valence-corrected chi connectivity index (χ1v) is 12.6. The van der Waals surface area contributed by atoms with Crippen LogP contribution in [0, 0.1) is 0 Å². The fraction of sp³-hybridized carbons (Fsp3) is 0.214. The first kappa shape index (κ1) is 24.0. The highest BCUT2D eigenvalue weighted by atomic mass is 32.2. The van der Waals surface area contributed by atoms with Crippen molar-refractivity contribution >= 4 is 40.3 Å². The van der Waals surface area contributed by atoms with Crippen LogP contribution in [0.4, 0.5) is 0 Å². The molecule has 1 aliphatic heterocycles. The molecule has 6 heteroatoms. The molecule has 1 fully saturated rings. The van der Waals surface area contributed by atoms with Crippen LogP contribution in [0.2, 0.25) is 0 Å². The van der Waals surface area contributed by atoms with Crippen molar-refractivity contribution in [3.63, 3.8) is 0 Å². The number of aryl methyl sites for hydroxylation is 1. The van der Waals surface area contributed by atoms with Crippen molar-refractivity contribution in [2.45, 2.75) is 26.3 Å². The van der Waals surface area contributed by atoms with Gasteiger partial charge in [-0.05, 0) is 53.5 Å². The minimum Gasteiger partial charge on any atom is -0.493 e. The number of rotatable bonds is 10. The fourth-order valence-corrected chi connectivity index (χ4v) is 4.73. The van der Waals surface area contributed by atoms with Gasteiger partial charge in [-0.15, -0.1) is 0 Å². The normalized spacial score (nSPS) is 14.6. The van der Waals surface area contributed by atoms with Gasteiger partial charge in [-0.3, -0.25) is 9.69 Å². The second-order valence-electron chi connectivity index (χ2n) is 7.87. The molecule has 1 heterocycles. The van der Waals surface area contributed by atoms with E-state index in [0.29, 0.717) is 29.0 Å². The predicted octanol–water partition coefficient (Wildman–Crippen LogP) is 6.50. The van der Waals surface area contributed by atoms with Crippen LogP contribution in [0.5, 0.6) is 11.5 Å². The number of thioether (sulfide) groups is 1. The van der Waals surface area contributed by atoms with Gasteiger partial charge in [0, 0.05) is 6.42 Å². The van der Waals surface area contributed by atoms with E-state index in [-0.39, 0.29) is 5.91 Å². The minimum absolute atomic E-state index is 0.0523. The van der Waals surface area contributed by atoms with Gasteiger partial charge in [0.05, 0.1) is 24.7 Å². The molecular weight excluding hydrogens is 462 g/mol. The predicted molar refractivity (Wildman–Crippen MR) is 143 cm³/mol. The van der Waals surface area contributed by atoms with E-state index in [0.717, 1.165) is 35.5 Å². The highest BCUT2D eigenvalue weighted by Crippen LogP contribution is 2.33. The first-order chi connectivity index (χ1) is 16.6. The van der Waals surface area contributed by atoms with Crippen LogP contribution in [-0.2, 0) is 17.8 Å². The standard InChI is InChI=1S/C28H27NO3S2/c1-2-21-9-13-24(14-10-21)31-17-6-18-32-25-15-11-22(12-16-25)19-26-27(30)29(28(33)34-26)20-23-7-4-3-5-8-23/h3-5,7-16,19H,2,6,17-18,20H2,1H3/b26-19-. The zero-order chi connectivity index (χ0) is 23.8. The number of hydrogen-bond donors (Lipinski definition) is 0. The average Bonchev–Trinajstić information content (AvgIpc) is 3.13. The highest BCUT2D eigenvalue weighted by molar-refractivity contribution is 8.26. The lowest BCUT2D eigenvalue weighted by molar-refractivity contribution is -0.122. The van der Waals surface area contributed by atoms with Gasteiger partial charge in [0.1, 0.15) is 15.8 Å². The van der Waals surface area contributed by atoms with Crippen LogP contribution in [0.25, 0.3) is 6.08 Å². The summed E-state index contributed by atoms with van der Waals surface area (Å²) in [6, 6.07) is 25.8. The molecular formula is C28H27NO3S2. The fourth-order valence-electron chi connectivity index (χ4n) is 3.47. The minimum atomic E-state index is -0.0523. The van der Waals surface area contributed by atoms with Crippen LogP contribution in [0.3, 0.4) is 0 Å². The zero-order valence-electron chi connectivity index (χ0n) is 19.1. The topological polar surface area (TPSA) is 38.8 Å². The molecule has 0 atom stereocenters. The van der Waals surface area contributed by atoms with E-state index in [9.17, 15) is 4.79 Å². The summed E-state index contributed by atoms with van der Waals surface area (Å²) in [6.45, 7) is 3.81. The average molecular weight is 490 g/mol. The summed E-state index contributed by atoms with van der Waals surface area (Å²) >= 11 is 6.78. The van der Waals surface area contributed by atoms with Crippen molar-refractivity contribution in [1.82, 2.24) is 4.90 Å². The molecule has 34 heavy (non-hydrogen) atoms. The van der Waals surface area contributed by atoms with E-state index in [1.54, 1.807) is 4.90 Å². The first-order valence-electron chi connectivity index (χ1n) is 11.4. The van der Waals surface area contributed by atoms with Crippen LogP contribution in [0.15, 0.2) is 83.8 Å². The molecule has 0 N–H and O–H groups in total. The number of nitrogens with zero attached hydrogens (tertiary/aromatic N) is 1. The summed E-state index contributed by atoms with van der Waals surface area (Å²) in [4.78, 5) is 15.1. The Labute approximate surface area is 210 Å². The molecule has 1 amide bonds. The summed E-state index contributed by atoms with van der Waals surface area (Å²) in [5, 5.41) is 0. The number of ether oxygens (including phenoxy) is 2. The largest absolute Gasteiger partial charge is 0.493 e. The molecule has 4 rings (SSSR count). The molecule has 0 aliphatic carbocycles. The summed E-state index contributed by atoms with van der Waals surface area (Å²) < 4.78 is 12.2. The molecule has 0 bridgehead atoms. The second kappa shape index (κ2) is 11.9. The number of carbonyl (C=O) groups is 1. The third kappa shape index (κ3) is 6.49. The SMILES string of the molecule is CCc1ccc(OCCCOc2ccc(/C=C3\SC(=S)N(Cc4ccccc4)C3=O)cc2)cc1. The van der Waals surface area contributed by atoms with Gasteiger partial charge in [-0.25, -0.2) is 0 Å². The monoisotopic (exact) mass is 489 g/mol. The Morgan fingerprint density at radius 3 is 2.09 bits per heavy atom. The van der Waals surface area contributed by atoms with Gasteiger partial charge in [-0.1, -0.05) is 85.5 Å². The molecule has 4 nitrogen and oxygen atoms in total. The Kier molecular flexibility index (Phi) is 8.39. The van der Waals surface area contributed by atoms with E-state index in [4.69, 9.17) is 21.7 Å². The third-order valence-electron chi connectivity index (χ3n) is 5.39. The lowest BCUT2D eigenvalue weighted by atomic mass is 10.2. The van der Waals surface area contributed by atoms with Crippen LogP contribution in [-0.4, -0.2) is 28.3 Å². The third-order valence-corrected chi connectivity index (χ3v) is 6.77. The molecule has 0 unspecified atom stereocenters. The zero-order valence-corrected chi connectivity index (χ0v) is 20.7. The highest BCUT2D eigenvalue weighted by Gasteiger charge is 2.31. The van der Waals surface area contributed by atoms with E-state index in [1.807, 2.05) is 72.8 Å². The van der Waals surface area contributed by atoms with E-state index < -0.39 is 0 Å². The van der Waals surface area contributed by atoms with Gasteiger partial charge in [0.25, 0.3) is 5.91 Å². The van der Waals surface area contributed by atoms with Crippen molar-refractivity contribution < 1.29 is 14.3 Å². The molecule has 0 aromatic heterocycles. The van der Waals surface area contributed by atoms with Crippen molar-refractivity contribution in [2.24, 2.45) is 0 Å². The molecule has 3 aromatic rings. The molecule has 0 spiro atoms. The second-order valence-corrected chi connectivity index (χ2v) is 9.55. The van der Waals surface area contributed by atoms with Gasteiger partial charge >= 0.3 is 0 Å².